The predicted octanol–water partition coefficient (Wildman–Crippen LogP) is 0.338. The van der Waals surface area contributed by atoms with Gasteiger partial charge in [0.2, 0.25) is 5.91 Å². The molecule has 3 rings (SSSR count). The van der Waals surface area contributed by atoms with Gasteiger partial charge in [-0.3, -0.25) is 23.6 Å². The zero-order valence-electron chi connectivity index (χ0n) is 17.4. The van der Waals surface area contributed by atoms with E-state index < -0.39 is 0 Å². The van der Waals surface area contributed by atoms with Crippen molar-refractivity contribution in [2.45, 2.75) is 39.7 Å². The Morgan fingerprint density at radius 1 is 1.11 bits per heavy atom. The third-order valence-electron chi connectivity index (χ3n) is 6.01. The Balaban J connectivity index is 1.72. The van der Waals surface area contributed by atoms with E-state index in [0.717, 1.165) is 63.1 Å². The van der Waals surface area contributed by atoms with Crippen LogP contribution in [-0.4, -0.2) is 70.7 Å². The fourth-order valence-corrected chi connectivity index (χ4v) is 4.37. The smallest absolute Gasteiger partial charge is 0.332 e. The average molecular weight is 392 g/mol. The number of aromatic nitrogens is 2. The Bertz CT molecular complexity index is 807. The van der Waals surface area contributed by atoms with E-state index in [1.54, 1.807) is 4.57 Å². The first-order valence-electron chi connectivity index (χ1n) is 10.5. The number of rotatable bonds is 5. The van der Waals surface area contributed by atoms with Gasteiger partial charge < -0.3 is 9.80 Å². The first-order chi connectivity index (χ1) is 13.5. The van der Waals surface area contributed by atoms with E-state index in [9.17, 15) is 14.4 Å². The van der Waals surface area contributed by atoms with E-state index in [1.807, 2.05) is 16.7 Å². The summed E-state index contributed by atoms with van der Waals surface area (Å²) in [5.74, 6) is 0.784. The lowest BCUT2D eigenvalue weighted by atomic mass is 9.96. The highest BCUT2D eigenvalue weighted by atomic mass is 16.2. The molecule has 8 nitrogen and oxygen atoms in total. The SMILES string of the molecule is CCCN1CCN(C(=O)C2CCCN(c3cc(=O)n(C)c(=O)n3CC)C2)CC1. The molecule has 1 amide bonds. The summed E-state index contributed by atoms with van der Waals surface area (Å²) in [6.07, 6.45) is 2.90. The minimum absolute atomic E-state index is 0.0732. The molecule has 0 aromatic carbocycles. The average Bonchev–Trinajstić information content (AvgIpc) is 2.72. The van der Waals surface area contributed by atoms with Crippen molar-refractivity contribution in [2.75, 3.05) is 50.7 Å². The molecule has 156 valence electrons. The molecule has 2 aliphatic rings. The third-order valence-corrected chi connectivity index (χ3v) is 6.01. The Morgan fingerprint density at radius 3 is 2.46 bits per heavy atom. The van der Waals surface area contributed by atoms with Crippen LogP contribution in [0.25, 0.3) is 0 Å². The summed E-state index contributed by atoms with van der Waals surface area (Å²) in [5.41, 5.74) is -0.601. The fraction of sp³-hybridized carbons (Fsp3) is 0.750. The maximum absolute atomic E-state index is 13.1. The van der Waals surface area contributed by atoms with Crippen molar-refractivity contribution in [3.05, 3.63) is 26.9 Å². The van der Waals surface area contributed by atoms with Crippen LogP contribution in [-0.2, 0) is 18.4 Å². The lowest BCUT2D eigenvalue weighted by molar-refractivity contribution is -0.137. The van der Waals surface area contributed by atoms with Gasteiger partial charge in [-0.2, -0.15) is 0 Å². The van der Waals surface area contributed by atoms with Crippen LogP contribution in [0.2, 0.25) is 0 Å². The van der Waals surface area contributed by atoms with Gasteiger partial charge in [0.05, 0.1) is 5.92 Å². The Hall–Kier alpha value is -2.09. The van der Waals surface area contributed by atoms with E-state index in [-0.39, 0.29) is 23.1 Å². The topological polar surface area (TPSA) is 70.8 Å². The largest absolute Gasteiger partial charge is 0.357 e. The molecular weight excluding hydrogens is 358 g/mol. The van der Waals surface area contributed by atoms with Crippen molar-refractivity contribution < 1.29 is 4.79 Å². The zero-order valence-corrected chi connectivity index (χ0v) is 17.4. The normalized spacial score (nSPS) is 21.2. The highest BCUT2D eigenvalue weighted by Gasteiger charge is 2.32. The van der Waals surface area contributed by atoms with Gasteiger partial charge in [-0.05, 0) is 32.7 Å². The lowest BCUT2D eigenvalue weighted by Crippen LogP contribution is -2.53. The summed E-state index contributed by atoms with van der Waals surface area (Å²) >= 11 is 0. The molecule has 0 spiro atoms. The summed E-state index contributed by atoms with van der Waals surface area (Å²) < 4.78 is 2.76. The van der Waals surface area contributed by atoms with Crippen molar-refractivity contribution in [1.29, 1.82) is 0 Å². The van der Waals surface area contributed by atoms with E-state index in [4.69, 9.17) is 0 Å². The predicted molar refractivity (Wildman–Crippen MR) is 110 cm³/mol. The van der Waals surface area contributed by atoms with Crippen molar-refractivity contribution in [3.8, 4) is 0 Å². The summed E-state index contributed by atoms with van der Waals surface area (Å²) in [4.78, 5) is 44.2. The van der Waals surface area contributed by atoms with Gasteiger partial charge in [-0.1, -0.05) is 6.92 Å². The standard InChI is InChI=1S/C20H33N5O3/c1-4-8-22-10-12-23(13-11-22)19(27)16-7-6-9-24(15-16)17-14-18(26)21(3)20(28)25(17)5-2/h14,16H,4-13,15H2,1-3H3. The van der Waals surface area contributed by atoms with Crippen molar-refractivity contribution >= 4 is 11.7 Å². The van der Waals surface area contributed by atoms with E-state index in [0.29, 0.717) is 18.9 Å². The lowest BCUT2D eigenvalue weighted by Gasteiger charge is -2.39. The van der Waals surface area contributed by atoms with Gasteiger partial charge in [-0.25, -0.2) is 4.79 Å². The van der Waals surface area contributed by atoms with Crippen molar-refractivity contribution in [2.24, 2.45) is 13.0 Å². The molecule has 1 aromatic rings. The third kappa shape index (κ3) is 4.16. The van der Waals surface area contributed by atoms with Crippen molar-refractivity contribution in [3.63, 3.8) is 0 Å². The summed E-state index contributed by atoms with van der Waals surface area (Å²) in [7, 11) is 1.50. The van der Waals surface area contributed by atoms with Crippen LogP contribution in [0.3, 0.4) is 0 Å². The van der Waals surface area contributed by atoms with Gasteiger partial charge in [0.15, 0.2) is 0 Å². The van der Waals surface area contributed by atoms with Gasteiger partial charge in [-0.15, -0.1) is 0 Å². The number of carbonyl (C=O) groups excluding carboxylic acids is 1. The van der Waals surface area contributed by atoms with Crippen molar-refractivity contribution in [1.82, 2.24) is 18.9 Å². The highest BCUT2D eigenvalue weighted by molar-refractivity contribution is 5.80. The van der Waals surface area contributed by atoms with Crippen LogP contribution in [0.4, 0.5) is 5.82 Å². The van der Waals surface area contributed by atoms with Crippen LogP contribution in [0, 0.1) is 5.92 Å². The molecule has 2 fully saturated rings. The Labute approximate surface area is 166 Å². The minimum atomic E-state index is -0.301. The summed E-state index contributed by atoms with van der Waals surface area (Å²) in [6, 6.07) is 1.53. The number of amides is 1. The number of piperazine rings is 1. The number of anilines is 1. The number of hydrogen-bond donors (Lipinski definition) is 0. The molecular formula is C20H33N5O3. The Morgan fingerprint density at radius 2 is 1.82 bits per heavy atom. The molecule has 2 saturated heterocycles. The number of piperidine rings is 1. The Kier molecular flexibility index (Phi) is 6.59. The second-order valence-corrected chi connectivity index (χ2v) is 7.88. The maximum Gasteiger partial charge on any atom is 0.332 e. The minimum Gasteiger partial charge on any atom is -0.357 e. The molecule has 1 aromatic heterocycles. The van der Waals surface area contributed by atoms with E-state index in [2.05, 4.69) is 11.8 Å². The van der Waals surface area contributed by atoms with Crippen LogP contribution in [0.1, 0.15) is 33.1 Å². The van der Waals surface area contributed by atoms with Gasteiger partial charge >= 0.3 is 5.69 Å². The van der Waals surface area contributed by atoms with Gasteiger partial charge in [0.1, 0.15) is 5.82 Å². The van der Waals surface area contributed by atoms with E-state index in [1.165, 1.54) is 13.1 Å². The number of nitrogens with zero attached hydrogens (tertiary/aromatic N) is 5. The number of carbonyl (C=O) groups is 1. The van der Waals surface area contributed by atoms with Crippen LogP contribution < -0.4 is 16.1 Å². The molecule has 1 atom stereocenters. The maximum atomic E-state index is 13.1. The molecule has 8 heteroatoms. The molecule has 0 radical (unpaired) electrons. The quantitative estimate of drug-likeness (QED) is 0.724. The number of hydrogen-bond acceptors (Lipinski definition) is 5. The van der Waals surface area contributed by atoms with Gasteiger partial charge in [0.25, 0.3) is 5.56 Å². The van der Waals surface area contributed by atoms with Gasteiger partial charge in [0, 0.05) is 58.9 Å². The molecule has 0 bridgehead atoms. The van der Waals surface area contributed by atoms with Crippen LogP contribution in [0.15, 0.2) is 15.7 Å². The first kappa shape index (κ1) is 20.6. The first-order valence-corrected chi connectivity index (χ1v) is 10.5. The molecule has 1 unspecified atom stereocenters. The van der Waals surface area contributed by atoms with Crippen LogP contribution >= 0.6 is 0 Å². The fourth-order valence-electron chi connectivity index (χ4n) is 4.37. The summed E-state index contributed by atoms with van der Waals surface area (Å²) in [6.45, 7) is 10.5. The molecule has 3 heterocycles. The molecule has 0 N–H and O–H groups in total. The second-order valence-electron chi connectivity index (χ2n) is 7.88. The zero-order chi connectivity index (χ0) is 20.3. The summed E-state index contributed by atoms with van der Waals surface area (Å²) in [5, 5.41) is 0. The van der Waals surface area contributed by atoms with E-state index >= 15 is 0 Å². The molecule has 0 saturated carbocycles. The second kappa shape index (κ2) is 8.94. The highest BCUT2D eigenvalue weighted by Crippen LogP contribution is 2.24. The molecule has 0 aliphatic carbocycles. The molecule has 28 heavy (non-hydrogen) atoms. The van der Waals surface area contributed by atoms with Crippen LogP contribution in [0.5, 0.6) is 0 Å². The molecule has 2 aliphatic heterocycles. The monoisotopic (exact) mass is 391 g/mol.